The van der Waals surface area contributed by atoms with Crippen molar-refractivity contribution < 1.29 is 14.6 Å². The van der Waals surface area contributed by atoms with Crippen LogP contribution in [0.1, 0.15) is 16.7 Å². The molecule has 1 aliphatic heterocycles. The van der Waals surface area contributed by atoms with E-state index in [1.807, 2.05) is 12.1 Å². The molecule has 3 aromatic heterocycles. The molecular weight excluding hydrogens is 330 g/mol. The van der Waals surface area contributed by atoms with E-state index in [1.165, 1.54) is 22.2 Å². The van der Waals surface area contributed by atoms with Crippen LogP contribution < -0.4 is 0 Å². The van der Waals surface area contributed by atoms with Crippen molar-refractivity contribution in [1.29, 1.82) is 0 Å². The molecular formula is C15H19N5O3S. The molecule has 0 amide bonds. The zero-order valence-corrected chi connectivity index (χ0v) is 13.9. The summed E-state index contributed by atoms with van der Waals surface area (Å²) in [7, 11) is 0. The Labute approximate surface area is 142 Å². The molecule has 9 heteroatoms. The summed E-state index contributed by atoms with van der Waals surface area (Å²) in [5.41, 5.74) is 0. The third-order valence-corrected chi connectivity index (χ3v) is 5.47. The fraction of sp³-hybridized carbons (Fsp3) is 0.467. The Hall–Kier alpha value is -1.94. The van der Waals surface area contributed by atoms with E-state index < -0.39 is 0 Å². The van der Waals surface area contributed by atoms with Gasteiger partial charge in [0.05, 0.1) is 17.7 Å². The zero-order valence-electron chi connectivity index (χ0n) is 13.1. The molecule has 1 atom stereocenters. The average molecular weight is 349 g/mol. The molecule has 0 bridgehead atoms. The predicted molar refractivity (Wildman–Crippen MR) is 88.2 cm³/mol. The molecule has 1 aliphatic rings. The van der Waals surface area contributed by atoms with Gasteiger partial charge >= 0.3 is 0 Å². The number of aromatic nitrogens is 3. The Morgan fingerprint density at radius 1 is 1.29 bits per heavy atom. The van der Waals surface area contributed by atoms with Gasteiger partial charge in [-0.25, -0.2) is 4.98 Å². The molecule has 0 spiro atoms. The SMILES string of the molecule is OCCN1CCN(C(c2ccco2)c2sc3ncnn3c2O)CC1. The number of hydrogen-bond donors (Lipinski definition) is 2. The van der Waals surface area contributed by atoms with E-state index >= 15 is 0 Å². The van der Waals surface area contributed by atoms with Gasteiger partial charge in [-0.15, -0.1) is 0 Å². The van der Waals surface area contributed by atoms with E-state index in [4.69, 9.17) is 9.52 Å². The third-order valence-electron chi connectivity index (χ3n) is 4.39. The average Bonchev–Trinajstić information content (AvgIpc) is 3.31. The van der Waals surface area contributed by atoms with Gasteiger partial charge < -0.3 is 14.6 Å². The normalized spacial score (nSPS) is 18.4. The molecule has 0 radical (unpaired) electrons. The maximum Gasteiger partial charge on any atom is 0.230 e. The number of rotatable bonds is 5. The minimum Gasteiger partial charge on any atom is -0.492 e. The number of aliphatic hydroxyl groups excluding tert-OH is 1. The van der Waals surface area contributed by atoms with Crippen molar-refractivity contribution in [3.63, 3.8) is 0 Å². The highest BCUT2D eigenvalue weighted by Gasteiger charge is 2.32. The van der Waals surface area contributed by atoms with Gasteiger partial charge in [0.1, 0.15) is 18.1 Å². The highest BCUT2D eigenvalue weighted by atomic mass is 32.1. The van der Waals surface area contributed by atoms with Crippen LogP contribution >= 0.6 is 11.3 Å². The third kappa shape index (κ3) is 2.69. The van der Waals surface area contributed by atoms with E-state index in [2.05, 4.69) is 19.9 Å². The Kier molecular flexibility index (Phi) is 4.23. The molecule has 3 aromatic rings. The van der Waals surface area contributed by atoms with E-state index in [-0.39, 0.29) is 18.5 Å². The summed E-state index contributed by atoms with van der Waals surface area (Å²) in [5.74, 6) is 0.914. The molecule has 2 N–H and O–H groups in total. The lowest BCUT2D eigenvalue weighted by atomic mass is 10.1. The van der Waals surface area contributed by atoms with Crippen LogP contribution in [0.3, 0.4) is 0 Å². The molecule has 0 aliphatic carbocycles. The van der Waals surface area contributed by atoms with Gasteiger partial charge in [-0.3, -0.25) is 9.80 Å². The first-order chi connectivity index (χ1) is 11.8. The number of nitrogens with zero attached hydrogens (tertiary/aromatic N) is 5. The molecule has 4 heterocycles. The number of β-amino-alcohol motifs (C(OH)–C–C–N with tert-alkyl or cyclic N) is 1. The first kappa shape index (κ1) is 15.6. The van der Waals surface area contributed by atoms with Crippen molar-refractivity contribution >= 4 is 16.3 Å². The molecule has 0 aromatic carbocycles. The van der Waals surface area contributed by atoms with Crippen molar-refractivity contribution in [2.45, 2.75) is 6.04 Å². The fourth-order valence-electron chi connectivity index (χ4n) is 3.18. The van der Waals surface area contributed by atoms with Gasteiger partial charge in [-0.05, 0) is 12.1 Å². The Balaban J connectivity index is 1.66. The van der Waals surface area contributed by atoms with E-state index in [1.54, 1.807) is 6.26 Å². The van der Waals surface area contributed by atoms with Crippen LogP contribution in [0.15, 0.2) is 29.1 Å². The lowest BCUT2D eigenvalue weighted by Crippen LogP contribution is -2.48. The number of thiazole rings is 1. The first-order valence-corrected chi connectivity index (χ1v) is 8.71. The second kappa shape index (κ2) is 6.52. The second-order valence-corrected chi connectivity index (χ2v) is 6.77. The van der Waals surface area contributed by atoms with Crippen LogP contribution in [-0.2, 0) is 0 Å². The minimum atomic E-state index is -0.162. The molecule has 1 unspecified atom stereocenters. The quantitative estimate of drug-likeness (QED) is 0.704. The molecule has 1 saturated heterocycles. The largest absolute Gasteiger partial charge is 0.492 e. The zero-order chi connectivity index (χ0) is 16.5. The maximum atomic E-state index is 10.6. The Morgan fingerprint density at radius 2 is 2.12 bits per heavy atom. The van der Waals surface area contributed by atoms with Gasteiger partial charge in [0.15, 0.2) is 0 Å². The number of aliphatic hydroxyl groups is 1. The van der Waals surface area contributed by atoms with E-state index in [0.29, 0.717) is 11.5 Å². The van der Waals surface area contributed by atoms with Crippen LogP contribution in [0.5, 0.6) is 5.88 Å². The summed E-state index contributed by atoms with van der Waals surface area (Å²) < 4.78 is 7.11. The highest BCUT2D eigenvalue weighted by Crippen LogP contribution is 2.40. The van der Waals surface area contributed by atoms with Crippen molar-refractivity contribution in [1.82, 2.24) is 24.4 Å². The van der Waals surface area contributed by atoms with Crippen LogP contribution in [0, 0.1) is 0 Å². The standard InChI is InChI=1S/C15H19N5O3S/c21-8-7-18-3-5-19(6-4-18)12(11-2-1-9-23-11)13-14(22)20-15(24-13)16-10-17-20/h1-2,9-10,12,21-22H,3-8H2. The van der Waals surface area contributed by atoms with E-state index in [9.17, 15) is 5.11 Å². The number of piperazine rings is 1. The van der Waals surface area contributed by atoms with Crippen molar-refractivity contribution in [2.24, 2.45) is 0 Å². The van der Waals surface area contributed by atoms with E-state index in [0.717, 1.165) is 36.8 Å². The lowest BCUT2D eigenvalue weighted by Gasteiger charge is -2.37. The van der Waals surface area contributed by atoms with Crippen LogP contribution in [0.25, 0.3) is 4.96 Å². The topological polar surface area (TPSA) is 90.3 Å². The van der Waals surface area contributed by atoms with Crippen molar-refractivity contribution in [3.8, 4) is 5.88 Å². The van der Waals surface area contributed by atoms with Crippen molar-refractivity contribution in [3.05, 3.63) is 35.4 Å². The van der Waals surface area contributed by atoms with Crippen LogP contribution in [-0.4, -0.2) is 73.9 Å². The first-order valence-electron chi connectivity index (χ1n) is 7.90. The summed E-state index contributed by atoms with van der Waals surface area (Å²) >= 11 is 1.43. The van der Waals surface area contributed by atoms with Gasteiger partial charge in [0, 0.05) is 32.7 Å². The van der Waals surface area contributed by atoms with Gasteiger partial charge in [0.25, 0.3) is 0 Å². The van der Waals surface area contributed by atoms with Crippen LogP contribution in [0.2, 0.25) is 0 Å². The van der Waals surface area contributed by atoms with Crippen molar-refractivity contribution in [2.75, 3.05) is 39.3 Å². The molecule has 0 saturated carbocycles. The smallest absolute Gasteiger partial charge is 0.230 e. The molecule has 128 valence electrons. The summed E-state index contributed by atoms with van der Waals surface area (Å²) in [6.07, 6.45) is 3.09. The second-order valence-electron chi connectivity index (χ2n) is 5.76. The summed E-state index contributed by atoms with van der Waals surface area (Å²) in [6.45, 7) is 4.28. The highest BCUT2D eigenvalue weighted by molar-refractivity contribution is 7.17. The summed E-state index contributed by atoms with van der Waals surface area (Å²) in [5, 5.41) is 23.7. The number of fused-ring (bicyclic) bond motifs is 1. The Morgan fingerprint density at radius 3 is 2.79 bits per heavy atom. The number of furan rings is 1. The lowest BCUT2D eigenvalue weighted by molar-refractivity contribution is 0.0883. The monoisotopic (exact) mass is 349 g/mol. The molecule has 24 heavy (non-hydrogen) atoms. The number of hydrogen-bond acceptors (Lipinski definition) is 8. The maximum absolute atomic E-state index is 10.6. The van der Waals surface area contributed by atoms with Gasteiger partial charge in [-0.1, -0.05) is 11.3 Å². The number of aromatic hydroxyl groups is 1. The summed E-state index contributed by atoms with van der Waals surface area (Å²) in [4.78, 5) is 10.1. The predicted octanol–water partition coefficient (Wildman–Crippen LogP) is 0.789. The van der Waals surface area contributed by atoms with Gasteiger partial charge in [-0.2, -0.15) is 9.61 Å². The molecule has 8 nitrogen and oxygen atoms in total. The fourth-order valence-corrected chi connectivity index (χ4v) is 4.25. The Bertz CT molecular complexity index is 791. The van der Waals surface area contributed by atoms with Gasteiger partial charge in [0.2, 0.25) is 10.8 Å². The minimum absolute atomic E-state index is 0.117. The molecule has 1 fully saturated rings. The van der Waals surface area contributed by atoms with Crippen LogP contribution in [0.4, 0.5) is 0 Å². The molecule has 4 rings (SSSR count). The summed E-state index contributed by atoms with van der Waals surface area (Å²) in [6, 6.07) is 3.63.